The lowest BCUT2D eigenvalue weighted by atomic mass is 10.1. The lowest BCUT2D eigenvalue weighted by molar-refractivity contribution is 0.0696. The van der Waals surface area contributed by atoms with Gasteiger partial charge in [-0.1, -0.05) is 50.6 Å². The second kappa shape index (κ2) is 8.75. The van der Waals surface area contributed by atoms with Crippen molar-refractivity contribution in [2.75, 3.05) is 6.61 Å². The Balaban J connectivity index is 2.30. The smallest absolute Gasteiger partial charge is 0.337 e. The fourth-order valence-corrected chi connectivity index (χ4v) is 1.91. The first-order chi connectivity index (χ1) is 9.15. The Kier molecular flexibility index (Phi) is 7.26. The highest BCUT2D eigenvalue weighted by molar-refractivity contribution is 6.33. The van der Waals surface area contributed by atoms with Crippen molar-refractivity contribution in [2.24, 2.45) is 0 Å². The molecule has 0 amide bonds. The molecule has 1 rings (SSSR count). The summed E-state index contributed by atoms with van der Waals surface area (Å²) >= 11 is 5.72. The minimum absolute atomic E-state index is 0.0228. The van der Waals surface area contributed by atoms with E-state index >= 15 is 0 Å². The van der Waals surface area contributed by atoms with Gasteiger partial charge in [-0.25, -0.2) is 9.78 Å². The molecule has 0 atom stereocenters. The van der Waals surface area contributed by atoms with E-state index in [0.29, 0.717) is 12.5 Å². The van der Waals surface area contributed by atoms with E-state index in [1.165, 1.54) is 37.9 Å². The van der Waals surface area contributed by atoms with Gasteiger partial charge in [0.15, 0.2) is 0 Å². The molecule has 0 bridgehead atoms. The molecule has 0 fully saturated rings. The Labute approximate surface area is 118 Å². The molecule has 0 unspecified atom stereocenters. The van der Waals surface area contributed by atoms with Crippen molar-refractivity contribution in [3.63, 3.8) is 0 Å². The zero-order valence-corrected chi connectivity index (χ0v) is 11.9. The number of pyridine rings is 1. The molecule has 5 heteroatoms. The minimum Gasteiger partial charge on any atom is -0.478 e. The van der Waals surface area contributed by atoms with Crippen LogP contribution in [0.5, 0.6) is 5.88 Å². The molecule has 106 valence electrons. The lowest BCUT2D eigenvalue weighted by Gasteiger charge is -2.06. The summed E-state index contributed by atoms with van der Waals surface area (Å²) in [5, 5.41) is 9.04. The van der Waals surface area contributed by atoms with Crippen molar-refractivity contribution in [1.29, 1.82) is 0 Å². The standard InChI is InChI=1S/C14H20ClNO3/c1-2-3-4-5-6-7-8-19-13-9-11(14(17)18)12(15)10-16-13/h9-10H,2-8H2,1H3,(H,17,18). The monoisotopic (exact) mass is 285 g/mol. The van der Waals surface area contributed by atoms with E-state index in [-0.39, 0.29) is 10.6 Å². The maximum atomic E-state index is 10.9. The van der Waals surface area contributed by atoms with Crippen molar-refractivity contribution in [1.82, 2.24) is 4.98 Å². The number of carboxylic acids is 1. The van der Waals surface area contributed by atoms with Gasteiger partial charge in [0, 0.05) is 6.07 Å². The van der Waals surface area contributed by atoms with Crippen LogP contribution in [0.3, 0.4) is 0 Å². The number of halogens is 1. The maximum Gasteiger partial charge on any atom is 0.337 e. The van der Waals surface area contributed by atoms with Crippen LogP contribution in [0.1, 0.15) is 55.8 Å². The number of carbonyl (C=O) groups is 1. The van der Waals surface area contributed by atoms with Gasteiger partial charge >= 0.3 is 5.97 Å². The summed E-state index contributed by atoms with van der Waals surface area (Å²) in [5.74, 6) is -0.757. The highest BCUT2D eigenvalue weighted by Gasteiger charge is 2.10. The Hall–Kier alpha value is -1.29. The molecule has 1 aromatic rings. The van der Waals surface area contributed by atoms with E-state index < -0.39 is 5.97 Å². The highest BCUT2D eigenvalue weighted by Crippen LogP contribution is 2.19. The fourth-order valence-electron chi connectivity index (χ4n) is 1.72. The molecule has 0 aromatic carbocycles. The number of aromatic carboxylic acids is 1. The number of aromatic nitrogens is 1. The zero-order chi connectivity index (χ0) is 14.1. The molecule has 1 N–H and O–H groups in total. The molecule has 0 radical (unpaired) electrons. The average molecular weight is 286 g/mol. The van der Waals surface area contributed by atoms with Gasteiger partial charge < -0.3 is 9.84 Å². The third-order valence-corrected chi connectivity index (χ3v) is 3.11. The molecular weight excluding hydrogens is 266 g/mol. The predicted octanol–water partition coefficient (Wildman–Crippen LogP) is 4.17. The Morgan fingerprint density at radius 2 is 2.00 bits per heavy atom. The molecule has 19 heavy (non-hydrogen) atoms. The number of hydrogen-bond donors (Lipinski definition) is 1. The van der Waals surface area contributed by atoms with Crippen LogP contribution in [0, 0.1) is 0 Å². The first-order valence-corrected chi connectivity index (χ1v) is 7.04. The Morgan fingerprint density at radius 3 is 2.68 bits per heavy atom. The minimum atomic E-state index is -1.07. The molecule has 1 heterocycles. The number of carboxylic acid groups (broad SMARTS) is 1. The van der Waals surface area contributed by atoms with E-state index in [1.54, 1.807) is 0 Å². The molecule has 0 aliphatic heterocycles. The second-order valence-electron chi connectivity index (χ2n) is 4.42. The quantitative estimate of drug-likeness (QED) is 0.692. The van der Waals surface area contributed by atoms with Gasteiger partial charge in [-0.3, -0.25) is 0 Å². The van der Waals surface area contributed by atoms with Crippen LogP contribution in [-0.2, 0) is 0 Å². The van der Waals surface area contributed by atoms with Gasteiger partial charge in [-0.15, -0.1) is 0 Å². The van der Waals surface area contributed by atoms with Gasteiger partial charge in [-0.05, 0) is 6.42 Å². The predicted molar refractivity (Wildman–Crippen MR) is 75.1 cm³/mol. The number of rotatable bonds is 9. The zero-order valence-electron chi connectivity index (χ0n) is 11.2. The number of ether oxygens (including phenoxy) is 1. The summed E-state index contributed by atoms with van der Waals surface area (Å²) in [4.78, 5) is 14.8. The highest BCUT2D eigenvalue weighted by atomic mass is 35.5. The van der Waals surface area contributed by atoms with Gasteiger partial charge in [0.25, 0.3) is 0 Å². The van der Waals surface area contributed by atoms with Crippen molar-refractivity contribution in [2.45, 2.75) is 45.4 Å². The maximum absolute atomic E-state index is 10.9. The van der Waals surface area contributed by atoms with Crippen LogP contribution >= 0.6 is 11.6 Å². The van der Waals surface area contributed by atoms with Crippen LogP contribution in [0.4, 0.5) is 0 Å². The molecule has 0 saturated heterocycles. The van der Waals surface area contributed by atoms with Gasteiger partial charge in [0.1, 0.15) is 0 Å². The number of unbranched alkanes of at least 4 members (excludes halogenated alkanes) is 5. The molecule has 4 nitrogen and oxygen atoms in total. The molecule has 1 aromatic heterocycles. The van der Waals surface area contributed by atoms with Gasteiger partial charge in [-0.2, -0.15) is 0 Å². The summed E-state index contributed by atoms with van der Waals surface area (Å²) < 4.78 is 5.43. The van der Waals surface area contributed by atoms with Crippen LogP contribution < -0.4 is 4.74 Å². The van der Waals surface area contributed by atoms with Crippen LogP contribution in [0.15, 0.2) is 12.3 Å². The third-order valence-electron chi connectivity index (χ3n) is 2.81. The van der Waals surface area contributed by atoms with E-state index in [9.17, 15) is 4.79 Å². The lowest BCUT2D eigenvalue weighted by Crippen LogP contribution is -2.03. The van der Waals surface area contributed by atoms with E-state index in [4.69, 9.17) is 21.4 Å². The number of hydrogen-bond acceptors (Lipinski definition) is 3. The number of nitrogens with zero attached hydrogens (tertiary/aromatic N) is 1. The first-order valence-electron chi connectivity index (χ1n) is 6.66. The molecule has 0 saturated carbocycles. The topological polar surface area (TPSA) is 59.4 Å². The summed E-state index contributed by atoms with van der Waals surface area (Å²) in [6, 6.07) is 1.36. The summed E-state index contributed by atoms with van der Waals surface area (Å²) in [7, 11) is 0. The third kappa shape index (κ3) is 5.92. The summed E-state index contributed by atoms with van der Waals surface area (Å²) in [5.41, 5.74) is 0.0228. The second-order valence-corrected chi connectivity index (χ2v) is 4.83. The van der Waals surface area contributed by atoms with Gasteiger partial charge in [0.05, 0.1) is 23.4 Å². The van der Waals surface area contributed by atoms with Crippen molar-refractivity contribution >= 4 is 17.6 Å². The largest absolute Gasteiger partial charge is 0.478 e. The molecular formula is C14H20ClNO3. The summed E-state index contributed by atoms with van der Waals surface area (Å²) in [6.45, 7) is 2.75. The van der Waals surface area contributed by atoms with E-state index in [2.05, 4.69) is 11.9 Å². The molecule has 0 spiro atoms. The normalized spacial score (nSPS) is 10.4. The molecule has 0 aliphatic rings. The van der Waals surface area contributed by atoms with Crippen molar-refractivity contribution in [3.05, 3.63) is 22.8 Å². The SMILES string of the molecule is CCCCCCCCOc1cc(C(=O)O)c(Cl)cn1. The van der Waals surface area contributed by atoms with Crippen LogP contribution in [-0.4, -0.2) is 22.7 Å². The van der Waals surface area contributed by atoms with Gasteiger partial charge in [0.2, 0.25) is 5.88 Å². The van der Waals surface area contributed by atoms with E-state index in [1.807, 2.05) is 0 Å². The van der Waals surface area contributed by atoms with Crippen LogP contribution in [0.2, 0.25) is 5.02 Å². The summed E-state index contributed by atoms with van der Waals surface area (Å²) in [6.07, 6.45) is 8.38. The fraction of sp³-hybridized carbons (Fsp3) is 0.571. The van der Waals surface area contributed by atoms with Crippen LogP contribution in [0.25, 0.3) is 0 Å². The Morgan fingerprint density at radius 1 is 1.32 bits per heavy atom. The Bertz CT molecular complexity index is 410. The molecule has 0 aliphatic carbocycles. The average Bonchev–Trinajstić information content (AvgIpc) is 2.39. The van der Waals surface area contributed by atoms with Crippen molar-refractivity contribution in [3.8, 4) is 5.88 Å². The van der Waals surface area contributed by atoms with Crippen molar-refractivity contribution < 1.29 is 14.6 Å². The van der Waals surface area contributed by atoms with E-state index in [0.717, 1.165) is 12.8 Å². The first kappa shape index (κ1) is 15.8.